The average Bonchev–Trinajstić information content (AvgIpc) is 2.75. The first-order valence-electron chi connectivity index (χ1n) is 13.9. The van der Waals surface area contributed by atoms with Crippen LogP contribution in [0.15, 0.2) is 11.6 Å². The first-order valence-corrected chi connectivity index (χ1v) is 13.9. The number of hydrogen-bond donors (Lipinski definition) is 2. The number of aliphatic hydroxyl groups is 1. The van der Waals surface area contributed by atoms with Crippen molar-refractivity contribution in [3.05, 3.63) is 11.6 Å². The Labute approximate surface area is 201 Å². The van der Waals surface area contributed by atoms with Crippen LogP contribution in [0.3, 0.4) is 0 Å². The highest BCUT2D eigenvalue weighted by molar-refractivity contribution is 5.76. The molecule has 186 valence electrons. The molecule has 0 heterocycles. The van der Waals surface area contributed by atoms with E-state index in [1.165, 1.54) is 25.7 Å². The van der Waals surface area contributed by atoms with Gasteiger partial charge in [-0.2, -0.15) is 0 Å². The molecular formula is C30H48O3. The van der Waals surface area contributed by atoms with Crippen LogP contribution in [0, 0.1) is 56.7 Å². The van der Waals surface area contributed by atoms with Crippen LogP contribution in [-0.4, -0.2) is 22.3 Å². The zero-order chi connectivity index (χ0) is 24.2. The molecule has 0 aromatic rings. The number of hydrogen-bond acceptors (Lipinski definition) is 2. The van der Waals surface area contributed by atoms with Crippen LogP contribution in [0.1, 0.15) is 106 Å². The van der Waals surface area contributed by atoms with Gasteiger partial charge in [0, 0.05) is 0 Å². The van der Waals surface area contributed by atoms with Gasteiger partial charge in [-0.3, -0.25) is 4.79 Å². The molecule has 11 atom stereocenters. The van der Waals surface area contributed by atoms with Crippen LogP contribution in [-0.2, 0) is 4.79 Å². The van der Waals surface area contributed by atoms with Gasteiger partial charge in [-0.15, -0.1) is 0 Å². The summed E-state index contributed by atoms with van der Waals surface area (Å²) in [4.78, 5) is 12.5. The summed E-state index contributed by atoms with van der Waals surface area (Å²) >= 11 is 0. The fourth-order valence-corrected chi connectivity index (χ4v) is 10.8. The van der Waals surface area contributed by atoms with E-state index in [4.69, 9.17) is 0 Å². The van der Waals surface area contributed by atoms with Gasteiger partial charge >= 0.3 is 5.97 Å². The molecule has 3 nitrogen and oxygen atoms in total. The molecule has 5 aliphatic rings. The molecule has 0 aliphatic heterocycles. The van der Waals surface area contributed by atoms with E-state index in [0.717, 1.165) is 37.5 Å². The van der Waals surface area contributed by atoms with E-state index < -0.39 is 17.5 Å². The number of carboxylic acid groups (broad SMARTS) is 1. The molecule has 2 N–H and O–H groups in total. The summed E-state index contributed by atoms with van der Waals surface area (Å²) in [7, 11) is 0. The van der Waals surface area contributed by atoms with E-state index in [1.807, 2.05) is 6.92 Å². The molecule has 0 aromatic heterocycles. The Morgan fingerprint density at radius 1 is 0.909 bits per heavy atom. The van der Waals surface area contributed by atoms with E-state index in [9.17, 15) is 15.0 Å². The molecule has 4 saturated carbocycles. The van der Waals surface area contributed by atoms with E-state index in [0.29, 0.717) is 23.7 Å². The van der Waals surface area contributed by atoms with Crippen LogP contribution >= 0.6 is 0 Å². The molecule has 3 heteroatoms. The average molecular weight is 457 g/mol. The molecule has 0 amide bonds. The zero-order valence-electron chi connectivity index (χ0n) is 22.2. The Kier molecular flexibility index (Phi) is 5.15. The Bertz CT molecular complexity index is 878. The molecule has 0 spiro atoms. The second-order valence-corrected chi connectivity index (χ2v) is 14.4. The fourth-order valence-electron chi connectivity index (χ4n) is 10.8. The summed E-state index contributed by atoms with van der Waals surface area (Å²) in [6, 6.07) is 0. The van der Waals surface area contributed by atoms with Crippen molar-refractivity contribution in [2.24, 2.45) is 56.7 Å². The second kappa shape index (κ2) is 7.11. The summed E-state index contributed by atoms with van der Waals surface area (Å²) in [6.45, 7) is 17.0. The monoisotopic (exact) mass is 456 g/mol. The van der Waals surface area contributed by atoms with Crippen molar-refractivity contribution in [3.8, 4) is 0 Å². The minimum atomic E-state index is -1.03. The number of fused-ring (bicyclic) bond motifs is 7. The molecule has 5 rings (SSSR count). The number of carboxylic acids is 1. The van der Waals surface area contributed by atoms with Gasteiger partial charge in [-0.05, 0) is 116 Å². The van der Waals surface area contributed by atoms with Crippen molar-refractivity contribution in [3.63, 3.8) is 0 Å². The van der Waals surface area contributed by atoms with Gasteiger partial charge in [0.05, 0.1) is 11.5 Å². The summed E-state index contributed by atoms with van der Waals surface area (Å²) in [6.07, 6.45) is 12.0. The third kappa shape index (κ3) is 2.75. The van der Waals surface area contributed by atoms with Crippen molar-refractivity contribution < 1.29 is 15.0 Å². The lowest BCUT2D eigenvalue weighted by atomic mass is 9.33. The molecule has 0 bridgehead atoms. The molecule has 5 aliphatic carbocycles. The number of carbonyl (C=O) groups is 1. The van der Waals surface area contributed by atoms with E-state index in [-0.39, 0.29) is 22.2 Å². The third-order valence-corrected chi connectivity index (χ3v) is 13.5. The fraction of sp³-hybridized carbons (Fsp3) is 0.900. The SMILES string of the molecule is C[C@H]1[C@H](C)CC[C@]2(C)CC[C@]3(C)C(=CC[C@@H]4[C@@]5(C)CC[C@@H](O)[C@@](C)(C(=O)O)[C@H]5CC[C@]43C)[C@H]12. The van der Waals surface area contributed by atoms with Crippen molar-refractivity contribution in [2.45, 2.75) is 112 Å². The topological polar surface area (TPSA) is 57.5 Å². The quantitative estimate of drug-likeness (QED) is 0.414. The van der Waals surface area contributed by atoms with Crippen LogP contribution in [0.2, 0.25) is 0 Å². The smallest absolute Gasteiger partial charge is 0.312 e. The van der Waals surface area contributed by atoms with Gasteiger partial charge < -0.3 is 10.2 Å². The molecule has 0 saturated heterocycles. The maximum atomic E-state index is 12.5. The van der Waals surface area contributed by atoms with Gasteiger partial charge in [0.15, 0.2) is 0 Å². The second-order valence-electron chi connectivity index (χ2n) is 14.4. The van der Waals surface area contributed by atoms with E-state index in [2.05, 4.69) is 47.6 Å². The number of rotatable bonds is 1. The van der Waals surface area contributed by atoms with E-state index >= 15 is 0 Å². The maximum Gasteiger partial charge on any atom is 0.312 e. The molecule has 0 unspecified atom stereocenters. The number of aliphatic hydroxyl groups excluding tert-OH is 1. The van der Waals surface area contributed by atoms with Crippen molar-refractivity contribution >= 4 is 5.97 Å². The molecule has 4 fully saturated rings. The van der Waals surface area contributed by atoms with Crippen molar-refractivity contribution in [1.29, 1.82) is 0 Å². The molecule has 0 radical (unpaired) electrons. The lowest BCUT2D eigenvalue weighted by molar-refractivity contribution is -0.217. The van der Waals surface area contributed by atoms with Crippen LogP contribution in [0.5, 0.6) is 0 Å². The van der Waals surface area contributed by atoms with Crippen LogP contribution in [0.25, 0.3) is 0 Å². The Balaban J connectivity index is 1.60. The maximum absolute atomic E-state index is 12.5. The van der Waals surface area contributed by atoms with E-state index in [1.54, 1.807) is 5.57 Å². The predicted octanol–water partition coefficient (Wildman–Crippen LogP) is 7.09. The number of allylic oxidation sites excluding steroid dienone is 2. The Morgan fingerprint density at radius 3 is 2.27 bits per heavy atom. The van der Waals surface area contributed by atoms with Gasteiger partial charge in [-0.25, -0.2) is 0 Å². The minimum Gasteiger partial charge on any atom is -0.481 e. The van der Waals surface area contributed by atoms with Gasteiger partial charge in [-0.1, -0.05) is 53.2 Å². The summed E-state index contributed by atoms with van der Waals surface area (Å²) in [5.41, 5.74) is 1.56. The lowest BCUT2D eigenvalue weighted by Crippen LogP contribution is -2.66. The van der Waals surface area contributed by atoms with Crippen molar-refractivity contribution in [2.75, 3.05) is 0 Å². The predicted molar refractivity (Wildman–Crippen MR) is 133 cm³/mol. The molecule has 0 aromatic carbocycles. The standard InChI is InChI=1S/C30H48O3/c1-18-10-13-26(3)16-17-28(5)20(24(26)19(18)2)8-9-21-27(4)14-12-23(31)30(7,25(32)33)22(27)11-15-29(21,28)6/h8,18-19,21-24,31H,9-17H2,1-7H3,(H,32,33)/t18-,19+,21-,22+,23-,24+,26-,27-,28-,29-,30+/m1/s1. The van der Waals surface area contributed by atoms with Gasteiger partial charge in [0.1, 0.15) is 0 Å². The largest absolute Gasteiger partial charge is 0.481 e. The van der Waals surface area contributed by atoms with Gasteiger partial charge in [0.2, 0.25) is 0 Å². The van der Waals surface area contributed by atoms with Crippen molar-refractivity contribution in [1.82, 2.24) is 0 Å². The highest BCUT2D eigenvalue weighted by atomic mass is 16.4. The first-order chi connectivity index (χ1) is 15.3. The Hall–Kier alpha value is -0.830. The molecule has 33 heavy (non-hydrogen) atoms. The Morgan fingerprint density at radius 2 is 1.61 bits per heavy atom. The summed E-state index contributed by atoms with van der Waals surface area (Å²) in [5.74, 6) is 1.96. The van der Waals surface area contributed by atoms with Crippen LogP contribution < -0.4 is 0 Å². The zero-order valence-corrected chi connectivity index (χ0v) is 22.2. The normalized spacial score (nSPS) is 58.2. The summed E-state index contributed by atoms with van der Waals surface area (Å²) in [5, 5.41) is 21.1. The molecular weight excluding hydrogens is 408 g/mol. The highest BCUT2D eigenvalue weighted by Gasteiger charge is 2.69. The number of aliphatic carboxylic acids is 1. The lowest BCUT2D eigenvalue weighted by Gasteiger charge is -2.71. The first kappa shape index (κ1) is 23.9. The summed E-state index contributed by atoms with van der Waals surface area (Å²) < 4.78 is 0. The van der Waals surface area contributed by atoms with Crippen LogP contribution in [0.4, 0.5) is 0 Å². The minimum absolute atomic E-state index is 0.0311. The highest BCUT2D eigenvalue weighted by Crippen LogP contribution is 2.75. The van der Waals surface area contributed by atoms with Gasteiger partial charge in [0.25, 0.3) is 0 Å². The third-order valence-electron chi connectivity index (χ3n) is 13.5.